The van der Waals surface area contributed by atoms with Gasteiger partial charge in [0.05, 0.1) is 6.34 Å². The number of rotatable bonds is 3. The van der Waals surface area contributed by atoms with Gasteiger partial charge in [0.15, 0.2) is 0 Å². The molecule has 0 aromatic carbocycles. The Balaban J connectivity index is 1.45. The molecule has 2 fully saturated rings. The largest absolute Gasteiger partial charge is 0.387 e. The summed E-state index contributed by atoms with van der Waals surface area (Å²) in [6, 6.07) is 0.462. The molecule has 1 unspecified atom stereocenters. The zero-order chi connectivity index (χ0) is 16.0. The van der Waals surface area contributed by atoms with E-state index in [1.54, 1.807) is 6.34 Å². The van der Waals surface area contributed by atoms with E-state index in [1.807, 2.05) is 11.1 Å². The zero-order valence-corrected chi connectivity index (χ0v) is 13.3. The van der Waals surface area contributed by atoms with Crippen LogP contribution in [0.4, 0.5) is 0 Å². The molecule has 3 heterocycles. The lowest BCUT2D eigenvalue weighted by Crippen LogP contribution is -2.42. The number of nitrogens with one attached hydrogen (secondary N) is 2. The molecule has 0 radical (unpaired) electrons. The van der Waals surface area contributed by atoms with Crippen LogP contribution >= 0.6 is 0 Å². The van der Waals surface area contributed by atoms with E-state index in [9.17, 15) is 4.79 Å². The van der Waals surface area contributed by atoms with Crippen molar-refractivity contribution in [2.24, 2.45) is 16.8 Å². The Kier molecular flexibility index (Phi) is 3.52. The molecule has 7 heteroatoms. The van der Waals surface area contributed by atoms with Crippen LogP contribution in [-0.2, 0) is 4.79 Å². The van der Waals surface area contributed by atoms with Gasteiger partial charge in [0, 0.05) is 31.8 Å². The summed E-state index contributed by atoms with van der Waals surface area (Å²) in [7, 11) is 2.12. The van der Waals surface area contributed by atoms with Gasteiger partial charge in [-0.3, -0.25) is 4.79 Å². The Labute approximate surface area is 135 Å². The summed E-state index contributed by atoms with van der Waals surface area (Å²) in [4.78, 5) is 20.3. The number of nitrogens with zero attached hydrogens (tertiary/aromatic N) is 3. The number of carbonyl (C=O) groups excluding carboxylic acids is 1. The normalized spacial score (nSPS) is 34.3. The number of amides is 1. The predicted molar refractivity (Wildman–Crippen MR) is 86.1 cm³/mol. The third-order valence-electron chi connectivity index (χ3n) is 5.62. The average Bonchev–Trinajstić information content (AvgIpc) is 3.26. The lowest BCUT2D eigenvalue weighted by atomic mass is 10.0. The third-order valence-corrected chi connectivity index (χ3v) is 5.62. The summed E-state index contributed by atoms with van der Waals surface area (Å²) in [6.07, 6.45) is 8.09. The fourth-order valence-corrected chi connectivity index (χ4v) is 4.36. The minimum absolute atomic E-state index is 0.128. The van der Waals surface area contributed by atoms with E-state index in [4.69, 9.17) is 5.11 Å². The molecule has 1 aliphatic carbocycles. The maximum absolute atomic E-state index is 11.7. The first-order chi connectivity index (χ1) is 11.2. The van der Waals surface area contributed by atoms with Gasteiger partial charge >= 0.3 is 0 Å². The van der Waals surface area contributed by atoms with Crippen molar-refractivity contribution in [2.45, 2.75) is 25.0 Å². The molecule has 7 nitrogen and oxygen atoms in total. The summed E-state index contributed by atoms with van der Waals surface area (Å²) in [5.41, 5.74) is 1.18. The third kappa shape index (κ3) is 2.39. The van der Waals surface area contributed by atoms with E-state index >= 15 is 0 Å². The predicted octanol–water partition coefficient (Wildman–Crippen LogP) is -0.566. The molecule has 0 spiro atoms. The second kappa shape index (κ2) is 5.56. The van der Waals surface area contributed by atoms with Crippen LogP contribution < -0.4 is 10.6 Å². The van der Waals surface area contributed by atoms with Crippen LogP contribution in [-0.4, -0.2) is 66.1 Å². The number of fused-ring (bicyclic) bond motifs is 2. The van der Waals surface area contributed by atoms with Crippen LogP contribution in [0.3, 0.4) is 0 Å². The average molecular weight is 317 g/mol. The molecule has 0 bridgehead atoms. The molecular weight excluding hydrogens is 294 g/mol. The topological polar surface area (TPSA) is 80.2 Å². The first-order valence-corrected chi connectivity index (χ1v) is 8.24. The Morgan fingerprint density at radius 1 is 1.39 bits per heavy atom. The highest BCUT2D eigenvalue weighted by Crippen LogP contribution is 2.41. The molecule has 3 N–H and O–H groups in total. The van der Waals surface area contributed by atoms with Crippen LogP contribution in [0.1, 0.15) is 12.8 Å². The molecule has 0 aromatic rings. The lowest BCUT2D eigenvalue weighted by Gasteiger charge is -2.32. The Hall–Kier alpha value is -2.02. The van der Waals surface area contributed by atoms with Gasteiger partial charge in [-0.05, 0) is 37.0 Å². The van der Waals surface area contributed by atoms with Crippen molar-refractivity contribution in [1.29, 1.82) is 0 Å². The van der Waals surface area contributed by atoms with Crippen LogP contribution in [0.25, 0.3) is 0 Å². The molecule has 4 aliphatic rings. The number of hydrogen-bond donors (Lipinski definition) is 3. The number of carbonyl (C=O) groups is 1. The lowest BCUT2D eigenvalue weighted by molar-refractivity contribution is -0.133. The van der Waals surface area contributed by atoms with E-state index in [2.05, 4.69) is 33.6 Å². The van der Waals surface area contributed by atoms with Crippen molar-refractivity contribution in [3.8, 4) is 0 Å². The maximum atomic E-state index is 11.7. The van der Waals surface area contributed by atoms with Crippen LogP contribution in [0, 0.1) is 11.8 Å². The molecule has 4 rings (SSSR count). The minimum atomic E-state index is -0.374. The molecule has 4 atom stereocenters. The van der Waals surface area contributed by atoms with Crippen molar-refractivity contribution in [2.75, 3.05) is 26.7 Å². The first-order valence-electron chi connectivity index (χ1n) is 8.24. The van der Waals surface area contributed by atoms with E-state index in [-0.39, 0.29) is 18.7 Å². The number of aliphatic imine (C=N–C) groups is 1. The van der Waals surface area contributed by atoms with Gasteiger partial charge in [0.1, 0.15) is 18.6 Å². The molecule has 3 aliphatic heterocycles. The highest BCUT2D eigenvalue weighted by molar-refractivity contribution is 5.77. The Morgan fingerprint density at radius 2 is 2.13 bits per heavy atom. The molecule has 1 amide bonds. The number of aliphatic hydroxyl groups excluding tert-OH is 1. The van der Waals surface area contributed by atoms with E-state index in [0.717, 1.165) is 31.8 Å². The summed E-state index contributed by atoms with van der Waals surface area (Å²) >= 11 is 0. The SMILES string of the molecule is CN(C1=C2C=CNC2NC=N1)[C@H]1C[C@@H]2CN(C(=O)CO)C[C@@H]2C1. The molecule has 124 valence electrons. The van der Waals surface area contributed by atoms with E-state index in [1.165, 1.54) is 5.57 Å². The molecule has 1 saturated heterocycles. The van der Waals surface area contributed by atoms with Crippen LogP contribution in [0.2, 0.25) is 0 Å². The van der Waals surface area contributed by atoms with Gasteiger partial charge in [0.25, 0.3) is 0 Å². The molecular formula is C16H23N5O2. The summed E-state index contributed by atoms with van der Waals surface area (Å²) < 4.78 is 0. The minimum Gasteiger partial charge on any atom is -0.387 e. The molecule has 0 aromatic heterocycles. The van der Waals surface area contributed by atoms with Crippen molar-refractivity contribution in [3.05, 3.63) is 23.7 Å². The van der Waals surface area contributed by atoms with Gasteiger partial charge in [-0.1, -0.05) is 0 Å². The van der Waals surface area contributed by atoms with E-state index < -0.39 is 0 Å². The Morgan fingerprint density at radius 3 is 2.83 bits per heavy atom. The maximum Gasteiger partial charge on any atom is 0.248 e. The summed E-state index contributed by atoms with van der Waals surface area (Å²) in [5, 5.41) is 15.5. The van der Waals surface area contributed by atoms with E-state index in [0.29, 0.717) is 17.9 Å². The van der Waals surface area contributed by atoms with Crippen molar-refractivity contribution < 1.29 is 9.90 Å². The molecule has 23 heavy (non-hydrogen) atoms. The fraction of sp³-hybridized carbons (Fsp3) is 0.625. The second-order valence-corrected chi connectivity index (χ2v) is 6.85. The monoisotopic (exact) mass is 317 g/mol. The van der Waals surface area contributed by atoms with Gasteiger partial charge in [0.2, 0.25) is 5.91 Å². The summed E-state index contributed by atoms with van der Waals surface area (Å²) in [5.74, 6) is 1.98. The Bertz CT molecular complexity index is 585. The van der Waals surface area contributed by atoms with Gasteiger partial charge in [-0.2, -0.15) is 0 Å². The first kappa shape index (κ1) is 14.6. The smallest absolute Gasteiger partial charge is 0.248 e. The van der Waals surface area contributed by atoms with Crippen molar-refractivity contribution >= 4 is 12.2 Å². The highest BCUT2D eigenvalue weighted by atomic mass is 16.3. The van der Waals surface area contributed by atoms with Crippen LogP contribution in [0.5, 0.6) is 0 Å². The number of aliphatic hydroxyl groups is 1. The van der Waals surface area contributed by atoms with Gasteiger partial charge < -0.3 is 25.5 Å². The zero-order valence-electron chi connectivity index (χ0n) is 13.3. The van der Waals surface area contributed by atoms with Gasteiger partial charge in [-0.25, -0.2) is 4.99 Å². The number of hydrogen-bond acceptors (Lipinski definition) is 6. The fourth-order valence-electron chi connectivity index (χ4n) is 4.36. The van der Waals surface area contributed by atoms with Crippen molar-refractivity contribution in [3.63, 3.8) is 0 Å². The van der Waals surface area contributed by atoms with Crippen molar-refractivity contribution in [1.82, 2.24) is 20.4 Å². The van der Waals surface area contributed by atoms with Gasteiger partial charge in [-0.15, -0.1) is 0 Å². The standard InChI is InChI=1S/C16H23N5O2/c1-20(16-13-2-3-17-15(13)18-9-19-16)12-4-10-6-21(14(23)8-22)7-11(10)5-12/h2-3,9-12,15,17,22H,4-8H2,1H3,(H,18,19)/t10-,11+,12+,15?. The number of likely N-dealkylation sites (tertiary alicyclic amines) is 1. The summed E-state index contributed by atoms with van der Waals surface area (Å²) in [6.45, 7) is 1.20. The highest BCUT2D eigenvalue weighted by Gasteiger charge is 2.44. The quantitative estimate of drug-likeness (QED) is 0.650. The second-order valence-electron chi connectivity index (χ2n) is 6.85. The molecule has 1 saturated carbocycles. The van der Waals surface area contributed by atoms with Crippen LogP contribution in [0.15, 0.2) is 28.7 Å².